The van der Waals surface area contributed by atoms with Gasteiger partial charge in [-0.15, -0.1) is 24.0 Å². The van der Waals surface area contributed by atoms with Crippen LogP contribution < -0.4 is 16.4 Å². The van der Waals surface area contributed by atoms with E-state index >= 15 is 0 Å². The smallest absolute Gasteiger partial charge is 0.224 e. The number of nitrogens with zero attached hydrogens (tertiary/aromatic N) is 1. The summed E-state index contributed by atoms with van der Waals surface area (Å²) >= 11 is 3.55. The summed E-state index contributed by atoms with van der Waals surface area (Å²) < 4.78 is 1.11. The van der Waals surface area contributed by atoms with Crippen LogP contribution in [0.4, 0.5) is 0 Å². The summed E-state index contributed by atoms with van der Waals surface area (Å²) in [4.78, 5) is 16.0. The summed E-state index contributed by atoms with van der Waals surface area (Å²) in [5.74, 6) is 0.392. The van der Waals surface area contributed by atoms with Gasteiger partial charge in [0.1, 0.15) is 0 Å². The lowest BCUT2D eigenvalue weighted by Gasteiger charge is -2.21. The number of aliphatic imine (C=N–C) groups is 1. The van der Waals surface area contributed by atoms with Gasteiger partial charge in [0.05, 0.1) is 12.0 Å². The molecule has 0 heterocycles. The van der Waals surface area contributed by atoms with Crippen LogP contribution in [0.3, 0.4) is 0 Å². The van der Waals surface area contributed by atoms with Crippen molar-refractivity contribution in [1.29, 1.82) is 0 Å². The van der Waals surface area contributed by atoms with E-state index in [1.165, 1.54) is 18.4 Å². The second-order valence-electron chi connectivity index (χ2n) is 7.09. The van der Waals surface area contributed by atoms with Crippen LogP contribution in [0.5, 0.6) is 0 Å². The summed E-state index contributed by atoms with van der Waals surface area (Å²) in [6, 6.07) is 8.49. The van der Waals surface area contributed by atoms with Crippen LogP contribution in [0.1, 0.15) is 39.2 Å². The quantitative estimate of drug-likeness (QED) is 0.292. The highest BCUT2D eigenvalue weighted by Crippen LogP contribution is 2.48. The average molecular weight is 523 g/mol. The molecule has 1 aromatic carbocycles. The third-order valence-electron chi connectivity index (χ3n) is 4.53. The zero-order chi connectivity index (χ0) is 17.8. The summed E-state index contributed by atoms with van der Waals surface area (Å²) in [5, 5.41) is 6.66. The number of halogens is 2. The Hall–Kier alpha value is -0.830. The fourth-order valence-corrected chi connectivity index (χ4v) is 2.89. The molecule has 4 N–H and O–H groups in total. The number of carbonyl (C=O) groups is 1. The summed E-state index contributed by atoms with van der Waals surface area (Å²) in [5.41, 5.74) is 6.30. The Balaban J connectivity index is 0.00000312. The van der Waals surface area contributed by atoms with Crippen molar-refractivity contribution in [3.63, 3.8) is 0 Å². The molecule has 5 nitrogen and oxygen atoms in total. The second-order valence-corrected chi connectivity index (χ2v) is 8.00. The SMILES string of the molecule is CCNC(=NCC(C)(C)C(N)=O)NCC1(c2cccc(Br)c2)CC1.I. The van der Waals surface area contributed by atoms with Crippen LogP contribution in [-0.4, -0.2) is 31.5 Å². The van der Waals surface area contributed by atoms with Gasteiger partial charge >= 0.3 is 0 Å². The first-order valence-electron chi connectivity index (χ1n) is 8.37. The Bertz CT molecular complexity index is 629. The molecule has 0 aliphatic heterocycles. The van der Waals surface area contributed by atoms with Gasteiger partial charge in [0, 0.05) is 23.0 Å². The lowest BCUT2D eigenvalue weighted by atomic mass is 9.93. The fourth-order valence-electron chi connectivity index (χ4n) is 2.49. The van der Waals surface area contributed by atoms with Crippen molar-refractivity contribution < 1.29 is 4.79 Å². The fraction of sp³-hybridized carbons (Fsp3) is 0.556. The van der Waals surface area contributed by atoms with Gasteiger partial charge in [-0.3, -0.25) is 9.79 Å². The van der Waals surface area contributed by atoms with E-state index in [4.69, 9.17) is 5.73 Å². The van der Waals surface area contributed by atoms with Gasteiger partial charge < -0.3 is 16.4 Å². The van der Waals surface area contributed by atoms with Crippen LogP contribution in [-0.2, 0) is 10.2 Å². The average Bonchev–Trinajstić information content (AvgIpc) is 3.31. The molecule has 0 aromatic heterocycles. The standard InChI is InChI=1S/C18H27BrN4O.HI/c1-4-21-16(22-11-17(2,3)15(20)24)23-12-18(8-9-18)13-6-5-7-14(19)10-13;/h5-7,10H,4,8-9,11-12H2,1-3H3,(H2,20,24)(H2,21,22,23);1H. The number of carbonyl (C=O) groups excluding carboxylic acids is 1. The van der Waals surface area contributed by atoms with Crippen molar-refractivity contribution in [2.45, 2.75) is 39.0 Å². The van der Waals surface area contributed by atoms with Crippen LogP contribution in [0, 0.1) is 5.41 Å². The van der Waals surface area contributed by atoms with E-state index in [-0.39, 0.29) is 35.3 Å². The van der Waals surface area contributed by atoms with Crippen LogP contribution in [0.2, 0.25) is 0 Å². The number of nitrogens with one attached hydrogen (secondary N) is 2. The molecule has 1 aliphatic carbocycles. The van der Waals surface area contributed by atoms with E-state index in [2.05, 4.69) is 49.8 Å². The minimum absolute atomic E-state index is 0. The normalized spacial score (nSPS) is 15.9. The number of amides is 1. The molecule has 0 saturated heterocycles. The van der Waals surface area contributed by atoms with Crippen molar-refractivity contribution in [1.82, 2.24) is 10.6 Å². The molecule has 1 aromatic rings. The molecule has 140 valence electrons. The predicted octanol–water partition coefficient (Wildman–Crippen LogP) is 3.17. The number of nitrogens with two attached hydrogens (primary N) is 1. The van der Waals surface area contributed by atoms with Gasteiger partial charge in [0.25, 0.3) is 0 Å². The number of guanidine groups is 1. The Morgan fingerprint density at radius 3 is 2.56 bits per heavy atom. The predicted molar refractivity (Wildman–Crippen MR) is 117 cm³/mol. The van der Waals surface area contributed by atoms with Gasteiger partial charge in [-0.25, -0.2) is 0 Å². The number of primary amides is 1. The first-order valence-corrected chi connectivity index (χ1v) is 9.16. The molecule has 1 amide bonds. The third-order valence-corrected chi connectivity index (χ3v) is 5.02. The van der Waals surface area contributed by atoms with Gasteiger partial charge in [0.15, 0.2) is 5.96 Å². The summed E-state index contributed by atoms with van der Waals surface area (Å²) in [6.45, 7) is 7.61. The van der Waals surface area contributed by atoms with Crippen LogP contribution in [0.15, 0.2) is 33.7 Å². The third kappa shape index (κ3) is 6.13. The first kappa shape index (κ1) is 22.2. The Morgan fingerprint density at radius 1 is 1.36 bits per heavy atom. The van der Waals surface area contributed by atoms with Crippen LogP contribution >= 0.6 is 39.9 Å². The summed E-state index contributed by atoms with van der Waals surface area (Å²) in [6.07, 6.45) is 2.34. The largest absolute Gasteiger partial charge is 0.369 e. The van der Waals surface area contributed by atoms with E-state index in [0.717, 1.165) is 23.5 Å². The minimum atomic E-state index is -0.649. The maximum Gasteiger partial charge on any atom is 0.224 e. The first-order chi connectivity index (χ1) is 11.3. The maximum absolute atomic E-state index is 11.4. The van der Waals surface area contributed by atoms with Gasteiger partial charge in [-0.2, -0.15) is 0 Å². The molecular weight excluding hydrogens is 495 g/mol. The monoisotopic (exact) mass is 522 g/mol. The molecule has 0 spiro atoms. The highest BCUT2D eigenvalue weighted by atomic mass is 127. The van der Waals surface area contributed by atoms with Crippen molar-refractivity contribution in [2.75, 3.05) is 19.6 Å². The Kier molecular flexibility index (Phi) is 8.18. The molecular formula is C18H28BrIN4O. The van der Waals surface area contributed by atoms with Gasteiger partial charge in [0.2, 0.25) is 5.91 Å². The highest BCUT2D eigenvalue weighted by molar-refractivity contribution is 14.0. The molecule has 0 atom stereocenters. The zero-order valence-electron chi connectivity index (χ0n) is 15.1. The zero-order valence-corrected chi connectivity index (χ0v) is 19.0. The molecule has 0 bridgehead atoms. The topological polar surface area (TPSA) is 79.5 Å². The van der Waals surface area contributed by atoms with E-state index in [9.17, 15) is 4.79 Å². The lowest BCUT2D eigenvalue weighted by molar-refractivity contribution is -0.125. The molecule has 25 heavy (non-hydrogen) atoms. The second kappa shape index (κ2) is 9.21. The van der Waals surface area contributed by atoms with Crippen molar-refractivity contribution in [3.8, 4) is 0 Å². The summed E-state index contributed by atoms with van der Waals surface area (Å²) in [7, 11) is 0. The Morgan fingerprint density at radius 2 is 2.04 bits per heavy atom. The molecule has 0 radical (unpaired) electrons. The number of hydrogen-bond acceptors (Lipinski definition) is 2. The van der Waals surface area contributed by atoms with E-state index in [0.29, 0.717) is 6.54 Å². The van der Waals surface area contributed by atoms with E-state index < -0.39 is 5.41 Å². The number of rotatable bonds is 7. The molecule has 7 heteroatoms. The van der Waals surface area contributed by atoms with Crippen molar-refractivity contribution in [3.05, 3.63) is 34.3 Å². The van der Waals surface area contributed by atoms with Crippen LogP contribution in [0.25, 0.3) is 0 Å². The minimum Gasteiger partial charge on any atom is -0.369 e. The van der Waals surface area contributed by atoms with Crippen molar-refractivity contribution in [2.24, 2.45) is 16.1 Å². The number of benzene rings is 1. The van der Waals surface area contributed by atoms with Crippen molar-refractivity contribution >= 4 is 51.8 Å². The molecule has 0 unspecified atom stereocenters. The number of hydrogen-bond donors (Lipinski definition) is 3. The van der Waals surface area contributed by atoms with E-state index in [1.807, 2.05) is 26.8 Å². The lowest BCUT2D eigenvalue weighted by Crippen LogP contribution is -2.42. The van der Waals surface area contributed by atoms with E-state index in [1.54, 1.807) is 0 Å². The molecule has 1 aliphatic rings. The van der Waals surface area contributed by atoms with Gasteiger partial charge in [-0.05, 0) is 51.3 Å². The Labute approximate surface area is 175 Å². The molecule has 1 saturated carbocycles. The highest BCUT2D eigenvalue weighted by Gasteiger charge is 2.44. The van der Waals surface area contributed by atoms with Gasteiger partial charge in [-0.1, -0.05) is 28.1 Å². The molecule has 1 fully saturated rings. The maximum atomic E-state index is 11.4. The molecule has 2 rings (SSSR count).